The molecule has 0 spiro atoms. The van der Waals surface area contributed by atoms with E-state index in [2.05, 4.69) is 33.5 Å². The van der Waals surface area contributed by atoms with Crippen molar-refractivity contribution in [2.24, 2.45) is 0 Å². The van der Waals surface area contributed by atoms with Crippen LogP contribution in [0.4, 0.5) is 22.2 Å². The number of carbonyl (C=O) groups is 1. The normalized spacial score (nSPS) is 15.7. The van der Waals surface area contributed by atoms with Crippen LogP contribution in [-0.4, -0.2) is 60.4 Å². The summed E-state index contributed by atoms with van der Waals surface area (Å²) >= 11 is 0. The molecule has 3 heterocycles. The van der Waals surface area contributed by atoms with Crippen molar-refractivity contribution < 1.29 is 14.3 Å². The van der Waals surface area contributed by atoms with Gasteiger partial charge in [-0.2, -0.15) is 4.98 Å². The molecule has 8 heteroatoms. The molecule has 2 aliphatic heterocycles. The van der Waals surface area contributed by atoms with E-state index in [-0.39, 0.29) is 6.09 Å². The molecule has 0 saturated heterocycles. The highest BCUT2D eigenvalue weighted by Crippen LogP contribution is 2.39. The summed E-state index contributed by atoms with van der Waals surface area (Å²) in [6.07, 6.45) is 4.46. The van der Waals surface area contributed by atoms with Crippen molar-refractivity contribution in [1.29, 1.82) is 0 Å². The second-order valence-corrected chi connectivity index (χ2v) is 10.1. The highest BCUT2D eigenvalue weighted by molar-refractivity contribution is 5.78. The van der Waals surface area contributed by atoms with E-state index >= 15 is 0 Å². The molecule has 0 aliphatic carbocycles. The first-order valence-electron chi connectivity index (χ1n) is 11.9. The number of nitrogens with one attached hydrogen (secondary N) is 1. The fourth-order valence-corrected chi connectivity index (χ4v) is 4.20. The molecule has 0 unspecified atom stereocenters. The molecule has 2 aliphatic rings. The van der Waals surface area contributed by atoms with Gasteiger partial charge in [0.1, 0.15) is 17.2 Å². The Labute approximate surface area is 202 Å². The number of hydrogen-bond donors (Lipinski definition) is 1. The van der Waals surface area contributed by atoms with E-state index in [0.717, 1.165) is 47.8 Å². The van der Waals surface area contributed by atoms with Crippen molar-refractivity contribution in [2.45, 2.75) is 52.6 Å². The number of amides is 1. The third-order valence-corrected chi connectivity index (χ3v) is 5.77. The van der Waals surface area contributed by atoms with E-state index < -0.39 is 5.60 Å². The molecule has 1 aromatic carbocycles. The molecule has 182 valence electrons. The molecule has 1 aromatic heterocycles. The molecular formula is C26H35N5O3. The fourth-order valence-electron chi connectivity index (χ4n) is 4.20. The Hall–Kier alpha value is -3.29. The summed E-state index contributed by atoms with van der Waals surface area (Å²) in [5.74, 6) is 2.37. The lowest BCUT2D eigenvalue weighted by molar-refractivity contribution is 0.0273. The van der Waals surface area contributed by atoms with E-state index in [0.29, 0.717) is 25.6 Å². The summed E-state index contributed by atoms with van der Waals surface area (Å²) in [6.45, 7) is 9.50. The first-order valence-corrected chi connectivity index (χ1v) is 11.9. The Kier molecular flexibility index (Phi) is 6.68. The van der Waals surface area contributed by atoms with E-state index in [4.69, 9.17) is 9.47 Å². The molecule has 1 N–H and O–H groups in total. The summed E-state index contributed by atoms with van der Waals surface area (Å²) in [6, 6.07) is 6.19. The van der Waals surface area contributed by atoms with Gasteiger partial charge in [-0.25, -0.2) is 9.78 Å². The standard InChI is InChI=1S/C26H35N5O3/c1-17-14-22(30(5)6)29-24(27-17)28-20-15-19-10-13-33-23(19)21(16-20)18-8-7-11-31(12-9-18)25(32)34-26(2,3)4/h9,14-16H,7-8,10-13H2,1-6H3,(H,27,28,29). The van der Waals surface area contributed by atoms with Crippen LogP contribution < -0.4 is 15.0 Å². The van der Waals surface area contributed by atoms with Gasteiger partial charge in [-0.3, -0.25) is 0 Å². The fraction of sp³-hybridized carbons (Fsp3) is 0.500. The lowest BCUT2D eigenvalue weighted by Crippen LogP contribution is -2.37. The molecular weight excluding hydrogens is 430 g/mol. The van der Waals surface area contributed by atoms with Crippen molar-refractivity contribution in [3.8, 4) is 5.75 Å². The lowest BCUT2D eigenvalue weighted by Gasteiger charge is -2.25. The Bertz CT molecular complexity index is 1100. The van der Waals surface area contributed by atoms with E-state index in [1.54, 1.807) is 4.90 Å². The molecule has 4 rings (SSSR count). The Morgan fingerprint density at radius 2 is 1.97 bits per heavy atom. The van der Waals surface area contributed by atoms with Gasteiger partial charge in [-0.15, -0.1) is 0 Å². The summed E-state index contributed by atoms with van der Waals surface area (Å²) in [7, 11) is 3.94. The zero-order valence-corrected chi connectivity index (χ0v) is 21.1. The number of benzene rings is 1. The van der Waals surface area contributed by atoms with Gasteiger partial charge in [0.2, 0.25) is 5.95 Å². The Balaban J connectivity index is 1.61. The molecule has 2 aromatic rings. The number of aromatic nitrogens is 2. The molecule has 0 radical (unpaired) electrons. The van der Waals surface area contributed by atoms with Gasteiger partial charge in [-0.1, -0.05) is 6.08 Å². The first kappa shape index (κ1) is 23.9. The zero-order valence-electron chi connectivity index (χ0n) is 21.1. The summed E-state index contributed by atoms with van der Waals surface area (Å²) in [4.78, 5) is 25.5. The molecule has 8 nitrogen and oxygen atoms in total. The number of fused-ring (bicyclic) bond motifs is 1. The summed E-state index contributed by atoms with van der Waals surface area (Å²) in [5, 5.41) is 3.40. The number of hydrogen-bond acceptors (Lipinski definition) is 7. The largest absolute Gasteiger partial charge is 0.492 e. The maximum Gasteiger partial charge on any atom is 0.410 e. The van der Waals surface area contributed by atoms with Gasteiger partial charge in [-0.05, 0) is 58.2 Å². The van der Waals surface area contributed by atoms with E-state index in [1.165, 1.54) is 11.1 Å². The van der Waals surface area contributed by atoms with Gasteiger partial charge in [0, 0.05) is 62.2 Å². The predicted molar refractivity (Wildman–Crippen MR) is 135 cm³/mol. The van der Waals surface area contributed by atoms with Crippen LogP contribution in [0.2, 0.25) is 0 Å². The number of ether oxygens (including phenoxy) is 2. The minimum atomic E-state index is -0.505. The van der Waals surface area contributed by atoms with Gasteiger partial charge in [0.25, 0.3) is 0 Å². The minimum absolute atomic E-state index is 0.268. The maximum absolute atomic E-state index is 12.6. The summed E-state index contributed by atoms with van der Waals surface area (Å²) in [5.41, 5.74) is 4.77. The van der Waals surface area contributed by atoms with Crippen LogP contribution in [0.15, 0.2) is 24.3 Å². The van der Waals surface area contributed by atoms with Gasteiger partial charge in [0.05, 0.1) is 6.61 Å². The second-order valence-electron chi connectivity index (χ2n) is 10.1. The van der Waals surface area contributed by atoms with Gasteiger partial charge < -0.3 is 24.6 Å². The highest BCUT2D eigenvalue weighted by Gasteiger charge is 2.25. The van der Waals surface area contributed by atoms with Gasteiger partial charge >= 0.3 is 6.09 Å². The number of allylic oxidation sites excluding steroid dienone is 1. The predicted octanol–water partition coefficient (Wildman–Crippen LogP) is 4.94. The molecule has 1 amide bonds. The minimum Gasteiger partial charge on any atom is -0.492 e. The molecule has 0 atom stereocenters. The van der Waals surface area contributed by atoms with Crippen LogP contribution >= 0.6 is 0 Å². The van der Waals surface area contributed by atoms with Crippen LogP contribution in [0, 0.1) is 6.92 Å². The smallest absolute Gasteiger partial charge is 0.410 e. The average Bonchev–Trinajstić information content (AvgIpc) is 3.07. The van der Waals surface area contributed by atoms with E-state index in [9.17, 15) is 4.79 Å². The van der Waals surface area contributed by atoms with Crippen LogP contribution in [0.25, 0.3) is 5.57 Å². The van der Waals surface area contributed by atoms with Crippen molar-refractivity contribution in [2.75, 3.05) is 44.0 Å². The first-order chi connectivity index (χ1) is 16.1. The maximum atomic E-state index is 12.6. The van der Waals surface area contributed by atoms with Crippen LogP contribution in [0.3, 0.4) is 0 Å². The van der Waals surface area contributed by atoms with E-state index in [1.807, 2.05) is 52.8 Å². The SMILES string of the molecule is Cc1cc(N(C)C)nc(Nc2cc3c(c(C4=CCN(C(=O)OC(C)(C)C)CCC4)c2)OCC3)n1. The average molecular weight is 466 g/mol. The number of carbonyl (C=O) groups excluding carboxylic acids is 1. The third kappa shape index (κ3) is 5.61. The second kappa shape index (κ2) is 9.52. The molecule has 34 heavy (non-hydrogen) atoms. The van der Waals surface area contributed by atoms with Crippen molar-refractivity contribution >= 4 is 29.1 Å². The zero-order chi connectivity index (χ0) is 24.5. The molecule has 0 fully saturated rings. The number of aryl methyl sites for hydroxylation is 1. The lowest BCUT2D eigenvalue weighted by atomic mass is 9.97. The number of anilines is 3. The topological polar surface area (TPSA) is 79.8 Å². The van der Waals surface area contributed by atoms with Crippen molar-refractivity contribution in [1.82, 2.24) is 14.9 Å². The molecule has 0 bridgehead atoms. The monoisotopic (exact) mass is 465 g/mol. The number of rotatable bonds is 4. The number of nitrogens with zero attached hydrogens (tertiary/aromatic N) is 4. The quantitative estimate of drug-likeness (QED) is 0.685. The van der Waals surface area contributed by atoms with Crippen LogP contribution in [0.5, 0.6) is 5.75 Å². The van der Waals surface area contributed by atoms with Crippen molar-refractivity contribution in [3.63, 3.8) is 0 Å². The summed E-state index contributed by atoms with van der Waals surface area (Å²) < 4.78 is 11.6. The van der Waals surface area contributed by atoms with Crippen molar-refractivity contribution in [3.05, 3.63) is 41.1 Å². The third-order valence-electron chi connectivity index (χ3n) is 5.77. The molecule has 0 saturated carbocycles. The van der Waals surface area contributed by atoms with Gasteiger partial charge in [0.15, 0.2) is 0 Å². The Morgan fingerprint density at radius 3 is 2.71 bits per heavy atom. The Morgan fingerprint density at radius 1 is 1.18 bits per heavy atom. The van der Waals surface area contributed by atoms with Crippen LogP contribution in [0.1, 0.15) is 50.4 Å². The highest BCUT2D eigenvalue weighted by atomic mass is 16.6. The van der Waals surface area contributed by atoms with Crippen LogP contribution in [-0.2, 0) is 11.2 Å².